The van der Waals surface area contributed by atoms with Crippen molar-refractivity contribution < 1.29 is 19.2 Å². The van der Waals surface area contributed by atoms with Gasteiger partial charge in [-0.1, -0.05) is 24.3 Å². The lowest BCUT2D eigenvalue weighted by Gasteiger charge is -2.20. The third-order valence-electron chi connectivity index (χ3n) is 4.37. The maximum Gasteiger partial charge on any atom is 0.346 e. The first-order valence-electron chi connectivity index (χ1n) is 8.82. The van der Waals surface area contributed by atoms with E-state index in [1.54, 1.807) is 20.0 Å². The van der Waals surface area contributed by atoms with Gasteiger partial charge in [-0.05, 0) is 31.5 Å². The van der Waals surface area contributed by atoms with Crippen LogP contribution in [0.25, 0.3) is 10.2 Å². The lowest BCUT2D eigenvalue weighted by Crippen LogP contribution is -2.37. The Bertz CT molecular complexity index is 1060. The van der Waals surface area contributed by atoms with E-state index in [1.165, 1.54) is 35.3 Å². The summed E-state index contributed by atoms with van der Waals surface area (Å²) in [5, 5.41) is 12.0. The molecule has 1 aromatic heterocycles. The molecule has 0 aliphatic heterocycles. The number of ether oxygens (including phenoxy) is 1. The molecule has 3 rings (SSSR count). The van der Waals surface area contributed by atoms with Gasteiger partial charge in [-0.25, -0.2) is 9.78 Å². The van der Waals surface area contributed by atoms with Crippen LogP contribution in [0.15, 0.2) is 42.5 Å². The Morgan fingerprint density at radius 1 is 1.24 bits per heavy atom. The number of para-hydroxylation sites is 1. The van der Waals surface area contributed by atoms with Crippen LogP contribution in [0.2, 0.25) is 0 Å². The van der Waals surface area contributed by atoms with Gasteiger partial charge in [0, 0.05) is 13.1 Å². The summed E-state index contributed by atoms with van der Waals surface area (Å²) < 4.78 is 6.26. The summed E-state index contributed by atoms with van der Waals surface area (Å²) in [6, 6.07) is 12.0. The van der Waals surface area contributed by atoms with Crippen molar-refractivity contribution in [2.24, 2.45) is 0 Å². The molecule has 0 saturated carbocycles. The topological polar surface area (TPSA) is 103 Å². The van der Waals surface area contributed by atoms with E-state index in [9.17, 15) is 19.7 Å². The van der Waals surface area contributed by atoms with Gasteiger partial charge in [0.15, 0.2) is 6.10 Å². The van der Waals surface area contributed by atoms with Crippen molar-refractivity contribution in [1.29, 1.82) is 0 Å². The standard InChI is InChI=1S/C20H19N3O5S/c1-12-7-6-9-15(23(26)27)18(12)20(25)28-13(2)19(24)22(3)11-17-21-14-8-4-5-10-16(14)29-17/h4-10,13H,11H2,1-3H3. The summed E-state index contributed by atoms with van der Waals surface area (Å²) in [4.78, 5) is 41.6. The van der Waals surface area contributed by atoms with Gasteiger partial charge in [0.25, 0.3) is 11.6 Å². The number of rotatable bonds is 6. The smallest absolute Gasteiger partial charge is 0.346 e. The van der Waals surface area contributed by atoms with Gasteiger partial charge in [0.1, 0.15) is 10.6 Å². The maximum absolute atomic E-state index is 12.6. The molecule has 150 valence electrons. The van der Waals surface area contributed by atoms with Crippen molar-refractivity contribution in [3.05, 3.63) is 68.7 Å². The molecule has 0 bridgehead atoms. The number of carbonyl (C=O) groups is 2. The predicted molar refractivity (Wildman–Crippen MR) is 109 cm³/mol. The van der Waals surface area contributed by atoms with E-state index >= 15 is 0 Å². The fourth-order valence-electron chi connectivity index (χ4n) is 2.92. The lowest BCUT2D eigenvalue weighted by molar-refractivity contribution is -0.385. The number of hydrogen-bond acceptors (Lipinski definition) is 7. The van der Waals surface area contributed by atoms with Gasteiger partial charge in [-0.15, -0.1) is 11.3 Å². The predicted octanol–water partition coefficient (Wildman–Crippen LogP) is 3.72. The molecule has 0 aliphatic rings. The summed E-state index contributed by atoms with van der Waals surface area (Å²) in [6.07, 6.45) is -1.10. The molecule has 1 heterocycles. The first kappa shape index (κ1) is 20.4. The molecule has 0 aliphatic carbocycles. The Labute approximate surface area is 170 Å². The largest absolute Gasteiger partial charge is 0.449 e. The highest BCUT2D eigenvalue weighted by Gasteiger charge is 2.28. The van der Waals surface area contributed by atoms with Crippen molar-refractivity contribution in [2.75, 3.05) is 7.05 Å². The molecule has 0 radical (unpaired) electrons. The molecule has 0 N–H and O–H groups in total. The summed E-state index contributed by atoms with van der Waals surface area (Å²) >= 11 is 1.48. The number of thiazole rings is 1. The normalized spacial score (nSPS) is 11.8. The number of aryl methyl sites for hydroxylation is 1. The zero-order chi connectivity index (χ0) is 21.1. The Kier molecular flexibility index (Phi) is 5.88. The van der Waals surface area contributed by atoms with Gasteiger partial charge in [-0.3, -0.25) is 14.9 Å². The number of hydrogen-bond donors (Lipinski definition) is 0. The molecule has 1 atom stereocenters. The SMILES string of the molecule is Cc1cccc([N+](=O)[O-])c1C(=O)OC(C)C(=O)N(C)Cc1nc2ccccc2s1. The second kappa shape index (κ2) is 8.36. The lowest BCUT2D eigenvalue weighted by atomic mass is 10.1. The van der Waals surface area contributed by atoms with Crippen molar-refractivity contribution in [1.82, 2.24) is 9.88 Å². The number of carbonyl (C=O) groups excluding carboxylic acids is 2. The molecule has 0 fully saturated rings. The van der Waals surface area contributed by atoms with E-state index in [-0.39, 0.29) is 17.8 Å². The van der Waals surface area contributed by atoms with Crippen LogP contribution in [-0.4, -0.2) is 39.8 Å². The van der Waals surface area contributed by atoms with Gasteiger partial charge in [0.2, 0.25) is 0 Å². The summed E-state index contributed by atoms with van der Waals surface area (Å²) in [7, 11) is 1.59. The van der Waals surface area contributed by atoms with Crippen LogP contribution >= 0.6 is 11.3 Å². The van der Waals surface area contributed by atoms with Crippen molar-refractivity contribution >= 4 is 39.1 Å². The number of benzene rings is 2. The highest BCUT2D eigenvalue weighted by Crippen LogP contribution is 2.24. The molecule has 1 unspecified atom stereocenters. The Balaban J connectivity index is 1.70. The quantitative estimate of drug-likeness (QED) is 0.347. The molecular formula is C20H19N3O5S. The Morgan fingerprint density at radius 2 is 1.97 bits per heavy atom. The number of nitro groups is 1. The molecular weight excluding hydrogens is 394 g/mol. The highest BCUT2D eigenvalue weighted by atomic mass is 32.1. The fourth-order valence-corrected chi connectivity index (χ4v) is 3.94. The molecule has 0 saturated heterocycles. The van der Waals surface area contributed by atoms with Crippen molar-refractivity contribution in [3.63, 3.8) is 0 Å². The minimum absolute atomic E-state index is 0.147. The second-order valence-corrected chi connectivity index (χ2v) is 7.66. The van der Waals surface area contributed by atoms with Crippen LogP contribution in [-0.2, 0) is 16.1 Å². The van der Waals surface area contributed by atoms with Crippen LogP contribution in [0.5, 0.6) is 0 Å². The minimum atomic E-state index is -1.10. The minimum Gasteiger partial charge on any atom is -0.449 e. The van der Waals surface area contributed by atoms with E-state index < -0.39 is 22.9 Å². The van der Waals surface area contributed by atoms with Crippen LogP contribution in [0.3, 0.4) is 0 Å². The molecule has 2 aromatic carbocycles. The van der Waals surface area contributed by atoms with Crippen LogP contribution in [0.1, 0.15) is 27.9 Å². The second-order valence-electron chi connectivity index (χ2n) is 6.54. The first-order valence-corrected chi connectivity index (χ1v) is 9.64. The van der Waals surface area contributed by atoms with E-state index in [0.29, 0.717) is 5.56 Å². The zero-order valence-corrected chi connectivity index (χ0v) is 16.9. The maximum atomic E-state index is 12.6. The number of aromatic nitrogens is 1. The Morgan fingerprint density at radius 3 is 2.66 bits per heavy atom. The van der Waals surface area contributed by atoms with Crippen LogP contribution < -0.4 is 0 Å². The molecule has 3 aromatic rings. The van der Waals surface area contributed by atoms with E-state index in [1.807, 2.05) is 24.3 Å². The number of nitrogens with zero attached hydrogens (tertiary/aromatic N) is 3. The number of likely N-dealkylation sites (N-methyl/N-ethyl adjacent to an activating group) is 1. The van der Waals surface area contributed by atoms with Gasteiger partial charge in [0.05, 0.1) is 21.7 Å². The van der Waals surface area contributed by atoms with Crippen molar-refractivity contribution in [3.8, 4) is 0 Å². The Hall–Kier alpha value is -3.33. The van der Waals surface area contributed by atoms with E-state index in [0.717, 1.165) is 15.2 Å². The third-order valence-corrected chi connectivity index (χ3v) is 5.39. The average Bonchev–Trinajstić information content (AvgIpc) is 3.08. The zero-order valence-electron chi connectivity index (χ0n) is 16.1. The summed E-state index contributed by atoms with van der Waals surface area (Å²) in [5.74, 6) is -1.32. The molecule has 9 heteroatoms. The van der Waals surface area contributed by atoms with Crippen LogP contribution in [0.4, 0.5) is 5.69 Å². The monoisotopic (exact) mass is 413 g/mol. The number of amides is 1. The first-order chi connectivity index (χ1) is 13.8. The number of esters is 1. The van der Waals surface area contributed by atoms with E-state index in [4.69, 9.17) is 4.74 Å². The fraction of sp³-hybridized carbons (Fsp3) is 0.250. The third kappa shape index (κ3) is 4.40. The van der Waals surface area contributed by atoms with Gasteiger partial charge in [-0.2, -0.15) is 0 Å². The number of nitro benzene ring substituents is 1. The molecule has 8 nitrogen and oxygen atoms in total. The summed E-state index contributed by atoms with van der Waals surface area (Å²) in [6.45, 7) is 3.29. The molecule has 0 spiro atoms. The number of fused-ring (bicyclic) bond motifs is 1. The van der Waals surface area contributed by atoms with E-state index in [2.05, 4.69) is 4.98 Å². The molecule has 1 amide bonds. The average molecular weight is 413 g/mol. The van der Waals surface area contributed by atoms with Gasteiger partial charge >= 0.3 is 5.97 Å². The van der Waals surface area contributed by atoms with Gasteiger partial charge < -0.3 is 9.64 Å². The van der Waals surface area contributed by atoms with Crippen molar-refractivity contribution in [2.45, 2.75) is 26.5 Å². The van der Waals surface area contributed by atoms with Crippen LogP contribution in [0, 0.1) is 17.0 Å². The molecule has 29 heavy (non-hydrogen) atoms. The highest BCUT2D eigenvalue weighted by molar-refractivity contribution is 7.18. The summed E-state index contributed by atoms with van der Waals surface area (Å²) in [5.41, 5.74) is 0.773.